The molecule has 2 nitrogen and oxygen atoms in total. The number of hydrogen-bond donors (Lipinski definition) is 0. The molecule has 141 valence electrons. The minimum atomic E-state index is 0.734. The van der Waals surface area contributed by atoms with Gasteiger partial charge in [0.1, 0.15) is 0 Å². The molecule has 1 aromatic carbocycles. The summed E-state index contributed by atoms with van der Waals surface area (Å²) in [5.41, 5.74) is 1.48. The molecule has 0 amide bonds. The second-order valence-corrected chi connectivity index (χ2v) is 8.01. The second-order valence-electron chi connectivity index (χ2n) is 8.01. The lowest BCUT2D eigenvalue weighted by Gasteiger charge is -2.43. The predicted molar refractivity (Wildman–Crippen MR) is 112 cm³/mol. The number of benzene rings is 1. The van der Waals surface area contributed by atoms with E-state index < -0.39 is 0 Å². The van der Waals surface area contributed by atoms with Crippen molar-refractivity contribution in [2.24, 2.45) is 11.8 Å². The van der Waals surface area contributed by atoms with E-state index in [2.05, 4.69) is 65.4 Å². The first-order valence-electron chi connectivity index (χ1n) is 10.4. The van der Waals surface area contributed by atoms with Crippen molar-refractivity contribution in [3.05, 3.63) is 67.1 Å². The van der Waals surface area contributed by atoms with Gasteiger partial charge in [0.15, 0.2) is 0 Å². The molecule has 0 N–H and O–H groups in total. The molecule has 0 aromatic heterocycles. The van der Waals surface area contributed by atoms with Gasteiger partial charge >= 0.3 is 0 Å². The van der Waals surface area contributed by atoms with Gasteiger partial charge in [0.2, 0.25) is 0 Å². The van der Waals surface area contributed by atoms with Crippen molar-refractivity contribution in [1.82, 2.24) is 9.80 Å². The molecule has 1 aromatic rings. The number of likely N-dealkylation sites (tertiary alicyclic amines) is 2. The molecule has 2 heteroatoms. The molecular formula is C24H35N2. The first kappa shape index (κ1) is 19.4. The van der Waals surface area contributed by atoms with Crippen LogP contribution in [-0.2, 0) is 6.42 Å². The lowest BCUT2D eigenvalue weighted by Crippen LogP contribution is -2.44. The summed E-state index contributed by atoms with van der Waals surface area (Å²) in [5.74, 6) is 3.27. The number of nitrogens with zero attached hydrogens (tertiary/aromatic N) is 2. The molecular weight excluding hydrogens is 316 g/mol. The van der Waals surface area contributed by atoms with Gasteiger partial charge < -0.3 is 0 Å². The Morgan fingerprint density at radius 1 is 0.885 bits per heavy atom. The number of piperidine rings is 2. The zero-order valence-electron chi connectivity index (χ0n) is 16.3. The highest BCUT2D eigenvalue weighted by molar-refractivity contribution is 5.22. The first-order chi connectivity index (χ1) is 12.8. The highest BCUT2D eigenvalue weighted by Gasteiger charge is 2.35. The van der Waals surface area contributed by atoms with Crippen LogP contribution in [0.5, 0.6) is 0 Å². The van der Waals surface area contributed by atoms with Gasteiger partial charge in [0.25, 0.3) is 0 Å². The highest BCUT2D eigenvalue weighted by atomic mass is 15.1. The number of rotatable bonds is 8. The van der Waals surface area contributed by atoms with Crippen LogP contribution in [0.4, 0.5) is 0 Å². The lowest BCUT2D eigenvalue weighted by atomic mass is 9.71. The molecule has 2 fully saturated rings. The van der Waals surface area contributed by atoms with Gasteiger partial charge in [-0.25, -0.2) is 0 Å². The third kappa shape index (κ3) is 5.31. The van der Waals surface area contributed by atoms with Crippen molar-refractivity contribution >= 4 is 0 Å². The average molecular weight is 352 g/mol. The molecule has 0 spiro atoms. The van der Waals surface area contributed by atoms with Crippen molar-refractivity contribution in [3.63, 3.8) is 0 Å². The summed E-state index contributed by atoms with van der Waals surface area (Å²) in [7, 11) is 0. The van der Waals surface area contributed by atoms with Gasteiger partial charge in [-0.2, -0.15) is 0 Å². The molecule has 0 saturated carbocycles. The lowest BCUT2D eigenvalue weighted by molar-refractivity contribution is 0.145. The zero-order valence-corrected chi connectivity index (χ0v) is 16.3. The van der Waals surface area contributed by atoms with Crippen LogP contribution in [0.25, 0.3) is 0 Å². The monoisotopic (exact) mass is 351 g/mol. The summed E-state index contributed by atoms with van der Waals surface area (Å²) in [6, 6.07) is 11.1. The maximum absolute atomic E-state index is 3.95. The van der Waals surface area contributed by atoms with Crippen LogP contribution in [0.15, 0.2) is 55.6 Å². The van der Waals surface area contributed by atoms with E-state index in [0.717, 1.165) is 31.3 Å². The van der Waals surface area contributed by atoms with E-state index >= 15 is 0 Å². The maximum Gasteiger partial charge on any atom is 0.0160 e. The molecule has 2 aliphatic rings. The van der Waals surface area contributed by atoms with Gasteiger partial charge in [-0.15, -0.1) is 13.2 Å². The minimum absolute atomic E-state index is 0.734. The Morgan fingerprint density at radius 3 is 1.92 bits per heavy atom. The Bertz CT molecular complexity index is 523. The summed E-state index contributed by atoms with van der Waals surface area (Å²) in [5, 5.41) is 0. The molecule has 26 heavy (non-hydrogen) atoms. The topological polar surface area (TPSA) is 6.48 Å². The van der Waals surface area contributed by atoms with Gasteiger partial charge in [0, 0.05) is 26.2 Å². The van der Waals surface area contributed by atoms with E-state index in [1.54, 1.807) is 5.92 Å². The smallest absolute Gasteiger partial charge is 0.0160 e. The highest BCUT2D eigenvalue weighted by Crippen LogP contribution is 2.38. The average Bonchev–Trinajstić information content (AvgIpc) is 2.68. The largest absolute Gasteiger partial charge is 0.299 e. The van der Waals surface area contributed by atoms with Crippen molar-refractivity contribution in [3.8, 4) is 0 Å². The quantitative estimate of drug-likeness (QED) is 0.632. The van der Waals surface area contributed by atoms with Gasteiger partial charge in [-0.05, 0) is 68.5 Å². The van der Waals surface area contributed by atoms with Crippen molar-refractivity contribution in [2.75, 3.05) is 39.3 Å². The van der Waals surface area contributed by atoms with Gasteiger partial charge in [0.05, 0.1) is 0 Å². The Kier molecular flexibility index (Phi) is 7.52. The molecule has 2 saturated heterocycles. The summed E-state index contributed by atoms with van der Waals surface area (Å²) in [6.07, 6.45) is 10.6. The van der Waals surface area contributed by atoms with Gasteiger partial charge in [-0.1, -0.05) is 42.5 Å². The minimum Gasteiger partial charge on any atom is -0.299 e. The summed E-state index contributed by atoms with van der Waals surface area (Å²) in [6.45, 7) is 14.8. The fourth-order valence-electron chi connectivity index (χ4n) is 4.87. The SMILES string of the molecule is C=CCN1CCCC([C](Cc2ccccc2)C2CCCN(CC=C)C2)C1. The first-order valence-corrected chi connectivity index (χ1v) is 10.4. The standard InChI is InChI=1S/C24H35N2/c1-3-14-25-16-8-12-22(19-25)24(18-21-10-6-5-7-11-21)23-13-9-17-26(20-23)15-4-2/h3-7,10-11,22-23H,1-2,8-9,12-20H2. The Hall–Kier alpha value is -1.38. The Morgan fingerprint density at radius 2 is 1.42 bits per heavy atom. The molecule has 3 rings (SSSR count). The fraction of sp³-hybridized carbons (Fsp3) is 0.542. The molecule has 1 radical (unpaired) electrons. The summed E-state index contributed by atoms with van der Waals surface area (Å²) >= 11 is 0. The Labute approximate surface area is 160 Å². The van der Waals surface area contributed by atoms with Crippen molar-refractivity contribution in [2.45, 2.75) is 32.1 Å². The molecule has 2 atom stereocenters. The molecule has 0 bridgehead atoms. The van der Waals surface area contributed by atoms with E-state index in [1.807, 2.05) is 0 Å². The normalized spacial score (nSPS) is 25.3. The van der Waals surface area contributed by atoms with Crippen LogP contribution in [0.1, 0.15) is 31.2 Å². The van der Waals surface area contributed by atoms with Crippen LogP contribution < -0.4 is 0 Å². The van der Waals surface area contributed by atoms with E-state index in [1.165, 1.54) is 57.4 Å². The Balaban J connectivity index is 1.74. The predicted octanol–water partition coefficient (Wildman–Crippen LogP) is 4.60. The van der Waals surface area contributed by atoms with E-state index in [-0.39, 0.29) is 0 Å². The number of hydrogen-bond acceptors (Lipinski definition) is 2. The van der Waals surface area contributed by atoms with Crippen LogP contribution in [0.2, 0.25) is 0 Å². The van der Waals surface area contributed by atoms with Crippen LogP contribution >= 0.6 is 0 Å². The second kappa shape index (κ2) is 10.1. The summed E-state index contributed by atoms with van der Waals surface area (Å²) < 4.78 is 0. The molecule has 2 unspecified atom stereocenters. The summed E-state index contributed by atoms with van der Waals surface area (Å²) in [4.78, 5) is 5.19. The third-order valence-electron chi connectivity index (χ3n) is 6.09. The van der Waals surface area contributed by atoms with Crippen LogP contribution in [0.3, 0.4) is 0 Å². The van der Waals surface area contributed by atoms with E-state index in [0.29, 0.717) is 0 Å². The fourth-order valence-corrected chi connectivity index (χ4v) is 4.87. The van der Waals surface area contributed by atoms with E-state index in [9.17, 15) is 0 Å². The van der Waals surface area contributed by atoms with Crippen LogP contribution in [0, 0.1) is 17.8 Å². The zero-order chi connectivity index (χ0) is 18.2. The van der Waals surface area contributed by atoms with Gasteiger partial charge in [-0.3, -0.25) is 9.80 Å². The third-order valence-corrected chi connectivity index (χ3v) is 6.09. The van der Waals surface area contributed by atoms with E-state index in [4.69, 9.17) is 0 Å². The van der Waals surface area contributed by atoms with Crippen molar-refractivity contribution < 1.29 is 0 Å². The molecule has 2 aliphatic heterocycles. The molecule has 0 aliphatic carbocycles. The molecule has 2 heterocycles. The van der Waals surface area contributed by atoms with Crippen LogP contribution in [-0.4, -0.2) is 49.1 Å². The van der Waals surface area contributed by atoms with Crippen molar-refractivity contribution in [1.29, 1.82) is 0 Å². The maximum atomic E-state index is 3.95.